The van der Waals surface area contributed by atoms with Gasteiger partial charge in [-0.2, -0.15) is 0 Å². The highest BCUT2D eigenvalue weighted by atomic mass is 15.1. The first kappa shape index (κ1) is 9.71. The summed E-state index contributed by atoms with van der Waals surface area (Å²) in [6, 6.07) is 0. The molecule has 1 N–H and O–H groups in total. The van der Waals surface area contributed by atoms with E-state index in [0.29, 0.717) is 0 Å². The third kappa shape index (κ3) is 1.57. The van der Waals surface area contributed by atoms with E-state index in [4.69, 9.17) is 0 Å². The van der Waals surface area contributed by atoms with Gasteiger partial charge in [0.1, 0.15) is 5.82 Å². The summed E-state index contributed by atoms with van der Waals surface area (Å²) in [6.07, 6.45) is 2.49. The third-order valence-electron chi connectivity index (χ3n) is 3.07. The van der Waals surface area contributed by atoms with Gasteiger partial charge in [0, 0.05) is 12.2 Å². The average molecular weight is 193 g/mol. The molecule has 0 bridgehead atoms. The number of nitrogens with zero attached hydrogens (tertiary/aromatic N) is 2. The van der Waals surface area contributed by atoms with Crippen LogP contribution < -0.4 is 5.32 Å². The molecular formula is C11H19N3. The maximum Gasteiger partial charge on any atom is 0.123 e. The van der Waals surface area contributed by atoms with E-state index in [9.17, 15) is 0 Å². The van der Waals surface area contributed by atoms with Gasteiger partial charge in [0.2, 0.25) is 0 Å². The molecule has 0 fully saturated rings. The molecule has 78 valence electrons. The van der Waals surface area contributed by atoms with Gasteiger partial charge in [-0.1, -0.05) is 6.92 Å². The smallest absolute Gasteiger partial charge is 0.123 e. The van der Waals surface area contributed by atoms with Gasteiger partial charge in [-0.25, -0.2) is 4.98 Å². The molecule has 1 atom stereocenters. The van der Waals surface area contributed by atoms with E-state index < -0.39 is 0 Å². The van der Waals surface area contributed by atoms with Crippen molar-refractivity contribution in [2.45, 2.75) is 39.8 Å². The summed E-state index contributed by atoms with van der Waals surface area (Å²) in [5.74, 6) is 2.02. The summed E-state index contributed by atoms with van der Waals surface area (Å²) < 4.78 is 2.39. The van der Waals surface area contributed by atoms with Gasteiger partial charge >= 0.3 is 0 Å². The zero-order valence-electron chi connectivity index (χ0n) is 9.30. The Morgan fingerprint density at radius 2 is 2.36 bits per heavy atom. The first-order chi connectivity index (χ1) is 6.72. The molecule has 1 unspecified atom stereocenters. The number of nitrogens with one attached hydrogen (secondary N) is 1. The fourth-order valence-electron chi connectivity index (χ4n) is 2.27. The molecule has 0 saturated heterocycles. The number of rotatable bonds is 2. The molecule has 0 radical (unpaired) electrons. The lowest BCUT2D eigenvalue weighted by Crippen LogP contribution is -2.20. The molecule has 0 amide bonds. The van der Waals surface area contributed by atoms with Crippen molar-refractivity contribution in [3.8, 4) is 0 Å². The lowest BCUT2D eigenvalue weighted by molar-refractivity contribution is 0.406. The van der Waals surface area contributed by atoms with E-state index >= 15 is 0 Å². The van der Waals surface area contributed by atoms with E-state index in [2.05, 4.69) is 28.7 Å². The van der Waals surface area contributed by atoms with E-state index in [1.165, 1.54) is 30.1 Å². The number of hydrogen-bond donors (Lipinski definition) is 1. The Morgan fingerprint density at radius 3 is 3.07 bits per heavy atom. The fraction of sp³-hybridized carbons (Fsp3) is 0.727. The highest BCUT2D eigenvalue weighted by molar-refractivity contribution is 5.18. The minimum absolute atomic E-state index is 0.820. The van der Waals surface area contributed by atoms with E-state index in [1.807, 2.05) is 7.05 Å². The van der Waals surface area contributed by atoms with Crippen LogP contribution in [0.2, 0.25) is 0 Å². The summed E-state index contributed by atoms with van der Waals surface area (Å²) in [6.45, 7) is 6.49. The highest BCUT2D eigenvalue weighted by Gasteiger charge is 2.20. The van der Waals surface area contributed by atoms with Crippen LogP contribution in [0.25, 0.3) is 0 Å². The first-order valence-corrected chi connectivity index (χ1v) is 5.42. The normalized spacial score (nSPS) is 20.9. The fourth-order valence-corrected chi connectivity index (χ4v) is 2.27. The SMILES string of the molecule is CNCc1nc(C)c2n1CCC(C)C2. The standard InChI is InChI=1S/C11H19N3/c1-8-4-5-14-10(6-8)9(2)13-11(14)7-12-3/h8,12H,4-7H2,1-3H3. The Morgan fingerprint density at radius 1 is 1.57 bits per heavy atom. The summed E-state index contributed by atoms with van der Waals surface area (Å²) in [4.78, 5) is 4.62. The molecule has 0 aromatic carbocycles. The Kier molecular flexibility index (Phi) is 2.59. The largest absolute Gasteiger partial charge is 0.331 e. The average Bonchev–Trinajstić information content (AvgIpc) is 2.44. The van der Waals surface area contributed by atoms with Crippen LogP contribution in [0, 0.1) is 12.8 Å². The number of imidazole rings is 1. The van der Waals surface area contributed by atoms with Crippen LogP contribution in [-0.2, 0) is 19.5 Å². The van der Waals surface area contributed by atoms with Crippen LogP contribution in [0.5, 0.6) is 0 Å². The Bertz CT molecular complexity index is 328. The van der Waals surface area contributed by atoms with Crippen LogP contribution >= 0.6 is 0 Å². The van der Waals surface area contributed by atoms with Crippen LogP contribution in [0.3, 0.4) is 0 Å². The lowest BCUT2D eigenvalue weighted by Gasteiger charge is -2.22. The number of fused-ring (bicyclic) bond motifs is 1. The monoisotopic (exact) mass is 193 g/mol. The highest BCUT2D eigenvalue weighted by Crippen LogP contribution is 2.24. The molecule has 3 heteroatoms. The molecule has 2 heterocycles. The van der Waals surface area contributed by atoms with E-state index in [0.717, 1.165) is 19.0 Å². The van der Waals surface area contributed by atoms with Crippen LogP contribution in [0.1, 0.15) is 30.6 Å². The molecule has 1 aliphatic heterocycles. The van der Waals surface area contributed by atoms with Gasteiger partial charge < -0.3 is 9.88 Å². The van der Waals surface area contributed by atoms with Crippen molar-refractivity contribution in [3.05, 3.63) is 17.2 Å². The molecule has 0 saturated carbocycles. The van der Waals surface area contributed by atoms with Gasteiger partial charge in [-0.15, -0.1) is 0 Å². The molecular weight excluding hydrogens is 174 g/mol. The van der Waals surface area contributed by atoms with Crippen molar-refractivity contribution in [1.29, 1.82) is 0 Å². The number of aromatic nitrogens is 2. The maximum absolute atomic E-state index is 4.62. The van der Waals surface area contributed by atoms with Crippen molar-refractivity contribution in [2.75, 3.05) is 7.05 Å². The Hall–Kier alpha value is -0.830. The van der Waals surface area contributed by atoms with Crippen molar-refractivity contribution in [2.24, 2.45) is 5.92 Å². The topological polar surface area (TPSA) is 29.9 Å². The first-order valence-electron chi connectivity index (χ1n) is 5.42. The Labute approximate surface area is 85.5 Å². The van der Waals surface area contributed by atoms with Crippen LogP contribution in [0.15, 0.2) is 0 Å². The quantitative estimate of drug-likeness (QED) is 0.771. The Balaban J connectivity index is 2.33. The summed E-state index contributed by atoms with van der Waals surface area (Å²) in [5.41, 5.74) is 2.68. The lowest BCUT2D eigenvalue weighted by atomic mass is 9.97. The molecule has 2 rings (SSSR count). The van der Waals surface area contributed by atoms with Crippen LogP contribution in [-0.4, -0.2) is 16.6 Å². The van der Waals surface area contributed by atoms with E-state index in [1.54, 1.807) is 0 Å². The maximum atomic E-state index is 4.62. The predicted molar refractivity (Wildman–Crippen MR) is 57.2 cm³/mol. The van der Waals surface area contributed by atoms with Gasteiger partial charge in [-0.05, 0) is 32.7 Å². The van der Waals surface area contributed by atoms with Crippen LogP contribution in [0.4, 0.5) is 0 Å². The molecule has 1 aliphatic rings. The predicted octanol–water partition coefficient (Wildman–Crippen LogP) is 1.49. The minimum Gasteiger partial charge on any atom is -0.331 e. The summed E-state index contributed by atoms with van der Waals surface area (Å²) >= 11 is 0. The van der Waals surface area contributed by atoms with Crippen molar-refractivity contribution in [1.82, 2.24) is 14.9 Å². The zero-order chi connectivity index (χ0) is 10.1. The van der Waals surface area contributed by atoms with Crippen molar-refractivity contribution >= 4 is 0 Å². The van der Waals surface area contributed by atoms with Gasteiger partial charge in [-0.3, -0.25) is 0 Å². The second kappa shape index (κ2) is 3.73. The summed E-state index contributed by atoms with van der Waals surface area (Å²) in [7, 11) is 1.97. The number of aryl methyl sites for hydroxylation is 1. The van der Waals surface area contributed by atoms with Crippen molar-refractivity contribution < 1.29 is 0 Å². The zero-order valence-corrected chi connectivity index (χ0v) is 9.30. The molecule has 1 aromatic rings. The van der Waals surface area contributed by atoms with E-state index in [-0.39, 0.29) is 0 Å². The molecule has 0 spiro atoms. The molecule has 1 aromatic heterocycles. The molecule has 14 heavy (non-hydrogen) atoms. The second-order valence-corrected chi connectivity index (χ2v) is 4.34. The van der Waals surface area contributed by atoms with Gasteiger partial charge in [0.05, 0.1) is 12.2 Å². The number of hydrogen-bond acceptors (Lipinski definition) is 2. The molecule has 3 nitrogen and oxygen atoms in total. The second-order valence-electron chi connectivity index (χ2n) is 4.34. The third-order valence-corrected chi connectivity index (χ3v) is 3.07. The van der Waals surface area contributed by atoms with Gasteiger partial charge in [0.25, 0.3) is 0 Å². The summed E-state index contributed by atoms with van der Waals surface area (Å²) in [5, 5.41) is 3.18. The van der Waals surface area contributed by atoms with Gasteiger partial charge in [0.15, 0.2) is 0 Å². The molecule has 0 aliphatic carbocycles. The van der Waals surface area contributed by atoms with Crippen molar-refractivity contribution in [3.63, 3.8) is 0 Å². The minimum atomic E-state index is 0.820.